The van der Waals surface area contributed by atoms with Gasteiger partial charge in [0, 0.05) is 12.6 Å². The van der Waals surface area contributed by atoms with E-state index in [2.05, 4.69) is 25.2 Å². The molecule has 92 valence electrons. The molecule has 3 N–H and O–H groups in total. The molecule has 0 amide bonds. The molecule has 0 heterocycles. The molecule has 0 spiro atoms. The van der Waals surface area contributed by atoms with E-state index in [9.17, 15) is 0 Å². The molecule has 0 saturated carbocycles. The molecule has 0 radical (unpaired) electrons. The van der Waals surface area contributed by atoms with Crippen molar-refractivity contribution in [2.45, 2.75) is 33.2 Å². The average Bonchev–Trinajstić information content (AvgIpc) is 2.28. The minimum atomic E-state index is 0.226. The predicted molar refractivity (Wildman–Crippen MR) is 71.8 cm³/mol. The van der Waals surface area contributed by atoms with Crippen LogP contribution in [-0.4, -0.2) is 12.6 Å². The molecule has 0 aromatic heterocycles. The molecule has 0 fully saturated rings. The van der Waals surface area contributed by atoms with E-state index in [1.54, 1.807) is 0 Å². The van der Waals surface area contributed by atoms with Crippen LogP contribution < -0.4 is 11.1 Å². The first-order chi connectivity index (χ1) is 8.06. The fourth-order valence-electron chi connectivity index (χ4n) is 1.88. The maximum atomic E-state index is 9.06. The minimum Gasteiger partial charge on any atom is -0.380 e. The second-order valence-corrected chi connectivity index (χ2v) is 4.87. The number of nitrogens with two attached hydrogens (primary N) is 1. The number of nitrogens with one attached hydrogen (secondary N) is 1. The Balaban J connectivity index is 2.85. The van der Waals surface area contributed by atoms with Gasteiger partial charge in [0.2, 0.25) is 0 Å². The number of nitrogens with zero attached hydrogens (tertiary/aromatic N) is 1. The summed E-state index contributed by atoms with van der Waals surface area (Å²) in [6.07, 6.45) is 1.01. The Morgan fingerprint density at radius 3 is 2.65 bits per heavy atom. The van der Waals surface area contributed by atoms with Gasteiger partial charge in [0.05, 0.1) is 11.3 Å². The summed E-state index contributed by atoms with van der Waals surface area (Å²) in [4.78, 5) is 0. The Hall–Kier alpha value is -1.53. The molecule has 1 atom stereocenters. The van der Waals surface area contributed by atoms with E-state index >= 15 is 0 Å². The van der Waals surface area contributed by atoms with Gasteiger partial charge in [-0.15, -0.1) is 0 Å². The first-order valence-corrected chi connectivity index (χ1v) is 6.04. The standard InChI is InChI=1S/C14H21N3/c1-10(2)6-13(9-16)17-14-7-11(3)4-5-12(14)8-15/h4-5,7,10,13,17H,6,9,16H2,1-3H3. The summed E-state index contributed by atoms with van der Waals surface area (Å²) in [5.74, 6) is 0.589. The summed E-state index contributed by atoms with van der Waals surface area (Å²) in [5.41, 5.74) is 8.47. The quantitative estimate of drug-likeness (QED) is 0.819. The van der Waals surface area contributed by atoms with Gasteiger partial charge in [-0.05, 0) is 37.0 Å². The van der Waals surface area contributed by atoms with Crippen molar-refractivity contribution in [2.24, 2.45) is 11.7 Å². The lowest BCUT2D eigenvalue weighted by atomic mass is 10.0. The first-order valence-electron chi connectivity index (χ1n) is 6.04. The van der Waals surface area contributed by atoms with Gasteiger partial charge in [-0.1, -0.05) is 19.9 Å². The highest BCUT2D eigenvalue weighted by Gasteiger charge is 2.11. The molecular formula is C14H21N3. The molecule has 3 nitrogen and oxygen atoms in total. The van der Waals surface area contributed by atoms with Gasteiger partial charge < -0.3 is 11.1 Å². The van der Waals surface area contributed by atoms with Crippen LogP contribution in [-0.2, 0) is 0 Å². The second-order valence-electron chi connectivity index (χ2n) is 4.87. The van der Waals surface area contributed by atoms with Crippen molar-refractivity contribution in [3.05, 3.63) is 29.3 Å². The van der Waals surface area contributed by atoms with Crippen molar-refractivity contribution in [1.29, 1.82) is 5.26 Å². The van der Waals surface area contributed by atoms with Crippen LogP contribution in [0.3, 0.4) is 0 Å². The zero-order chi connectivity index (χ0) is 12.8. The Kier molecular flexibility index (Phi) is 4.99. The van der Waals surface area contributed by atoms with Crippen LogP contribution in [0.2, 0.25) is 0 Å². The van der Waals surface area contributed by atoms with Crippen molar-refractivity contribution in [3.63, 3.8) is 0 Å². The molecular weight excluding hydrogens is 210 g/mol. The number of hydrogen-bond donors (Lipinski definition) is 2. The maximum absolute atomic E-state index is 9.06. The van der Waals surface area contributed by atoms with Crippen molar-refractivity contribution in [3.8, 4) is 6.07 Å². The third-order valence-corrected chi connectivity index (χ3v) is 2.70. The zero-order valence-electron chi connectivity index (χ0n) is 10.8. The Labute approximate surface area is 104 Å². The van der Waals surface area contributed by atoms with E-state index in [0.29, 0.717) is 18.0 Å². The van der Waals surface area contributed by atoms with E-state index in [0.717, 1.165) is 17.7 Å². The molecule has 0 aliphatic heterocycles. The molecule has 0 saturated heterocycles. The number of hydrogen-bond acceptors (Lipinski definition) is 3. The number of nitriles is 1. The lowest BCUT2D eigenvalue weighted by Gasteiger charge is -2.21. The average molecular weight is 231 g/mol. The number of rotatable bonds is 5. The topological polar surface area (TPSA) is 61.8 Å². The van der Waals surface area contributed by atoms with Gasteiger partial charge in [0.25, 0.3) is 0 Å². The normalized spacial score (nSPS) is 12.2. The minimum absolute atomic E-state index is 0.226. The first kappa shape index (κ1) is 13.5. The molecule has 3 heteroatoms. The van der Waals surface area contributed by atoms with Gasteiger partial charge >= 0.3 is 0 Å². The summed E-state index contributed by atoms with van der Waals surface area (Å²) in [5, 5.41) is 12.4. The monoisotopic (exact) mass is 231 g/mol. The van der Waals surface area contributed by atoms with Gasteiger partial charge in [-0.2, -0.15) is 5.26 Å². The Morgan fingerprint density at radius 1 is 1.41 bits per heavy atom. The van der Waals surface area contributed by atoms with E-state index in [-0.39, 0.29) is 6.04 Å². The van der Waals surface area contributed by atoms with Gasteiger partial charge in [-0.3, -0.25) is 0 Å². The highest BCUT2D eigenvalue weighted by atomic mass is 14.9. The summed E-state index contributed by atoms with van der Waals surface area (Å²) in [7, 11) is 0. The summed E-state index contributed by atoms with van der Waals surface area (Å²) < 4.78 is 0. The maximum Gasteiger partial charge on any atom is 0.101 e. The van der Waals surface area contributed by atoms with Crippen molar-refractivity contribution >= 4 is 5.69 Å². The SMILES string of the molecule is Cc1ccc(C#N)c(NC(CN)CC(C)C)c1. The van der Waals surface area contributed by atoms with Crippen LogP contribution >= 0.6 is 0 Å². The lowest BCUT2D eigenvalue weighted by molar-refractivity contribution is 0.522. The van der Waals surface area contributed by atoms with Gasteiger partial charge in [0.1, 0.15) is 6.07 Å². The van der Waals surface area contributed by atoms with Crippen LogP contribution in [0.5, 0.6) is 0 Å². The third-order valence-electron chi connectivity index (χ3n) is 2.70. The fraction of sp³-hybridized carbons (Fsp3) is 0.500. The van der Waals surface area contributed by atoms with Crippen molar-refractivity contribution < 1.29 is 0 Å². The summed E-state index contributed by atoms with van der Waals surface area (Å²) >= 11 is 0. The van der Waals surface area contributed by atoms with Crippen LogP contribution in [0.25, 0.3) is 0 Å². The van der Waals surface area contributed by atoms with E-state index < -0.39 is 0 Å². The second kappa shape index (κ2) is 6.27. The summed E-state index contributed by atoms with van der Waals surface area (Å²) in [6, 6.07) is 8.23. The Morgan fingerprint density at radius 2 is 2.12 bits per heavy atom. The molecule has 0 aliphatic rings. The lowest BCUT2D eigenvalue weighted by Crippen LogP contribution is -2.30. The zero-order valence-corrected chi connectivity index (χ0v) is 10.8. The molecule has 1 rings (SSSR count). The van der Waals surface area contributed by atoms with Gasteiger partial charge in [-0.25, -0.2) is 0 Å². The van der Waals surface area contributed by atoms with E-state index in [4.69, 9.17) is 11.0 Å². The predicted octanol–water partition coefficient (Wildman–Crippen LogP) is 2.65. The number of aryl methyl sites for hydroxylation is 1. The molecule has 1 aromatic carbocycles. The summed E-state index contributed by atoms with van der Waals surface area (Å²) in [6.45, 7) is 6.95. The number of benzene rings is 1. The van der Waals surface area contributed by atoms with Gasteiger partial charge in [0.15, 0.2) is 0 Å². The highest BCUT2D eigenvalue weighted by molar-refractivity contribution is 5.59. The van der Waals surface area contributed by atoms with Crippen LogP contribution in [0.15, 0.2) is 18.2 Å². The van der Waals surface area contributed by atoms with Crippen LogP contribution in [0.1, 0.15) is 31.4 Å². The molecule has 17 heavy (non-hydrogen) atoms. The van der Waals surface area contributed by atoms with Crippen molar-refractivity contribution in [2.75, 3.05) is 11.9 Å². The van der Waals surface area contributed by atoms with E-state index in [1.165, 1.54) is 0 Å². The van der Waals surface area contributed by atoms with E-state index in [1.807, 2.05) is 25.1 Å². The molecule has 1 unspecified atom stereocenters. The van der Waals surface area contributed by atoms with Crippen molar-refractivity contribution in [1.82, 2.24) is 0 Å². The highest BCUT2D eigenvalue weighted by Crippen LogP contribution is 2.19. The largest absolute Gasteiger partial charge is 0.380 e. The molecule has 0 bridgehead atoms. The smallest absolute Gasteiger partial charge is 0.101 e. The Bertz CT molecular complexity index is 404. The third kappa shape index (κ3) is 4.08. The van der Waals surface area contributed by atoms with Crippen LogP contribution in [0.4, 0.5) is 5.69 Å². The molecule has 1 aromatic rings. The number of anilines is 1. The fourth-order valence-corrected chi connectivity index (χ4v) is 1.88. The van der Waals surface area contributed by atoms with Crippen LogP contribution in [0, 0.1) is 24.2 Å². The molecule has 0 aliphatic carbocycles.